The van der Waals surface area contributed by atoms with E-state index in [1.807, 2.05) is 24.0 Å². The first kappa shape index (κ1) is 18.7. The summed E-state index contributed by atoms with van der Waals surface area (Å²) in [6.07, 6.45) is 1.74. The lowest BCUT2D eigenvalue weighted by Crippen LogP contribution is -2.48. The average molecular weight is 397 g/mol. The Morgan fingerprint density at radius 1 is 1.11 bits per heavy atom. The van der Waals surface area contributed by atoms with Crippen LogP contribution in [0.15, 0.2) is 53.5 Å². The van der Waals surface area contributed by atoms with Crippen LogP contribution in [0.4, 0.5) is 0 Å². The number of fused-ring (bicyclic) bond motifs is 1. The maximum atomic E-state index is 12.6. The summed E-state index contributed by atoms with van der Waals surface area (Å²) in [6, 6.07) is 12.4. The smallest absolute Gasteiger partial charge is 0.258 e. The molecule has 0 bridgehead atoms. The predicted octanol–water partition coefficient (Wildman–Crippen LogP) is 2.61. The number of pyridine rings is 1. The second kappa shape index (κ2) is 7.73. The summed E-state index contributed by atoms with van der Waals surface area (Å²) in [7, 11) is 0. The van der Waals surface area contributed by atoms with Crippen molar-refractivity contribution in [3.8, 4) is 0 Å². The van der Waals surface area contributed by atoms with Gasteiger partial charge in [0, 0.05) is 55.6 Å². The molecule has 0 N–H and O–H groups in total. The minimum atomic E-state index is -0.0692. The van der Waals surface area contributed by atoms with Crippen LogP contribution in [-0.2, 0) is 6.54 Å². The highest BCUT2D eigenvalue weighted by Crippen LogP contribution is 2.14. The monoisotopic (exact) mass is 396 g/mol. The molecule has 0 atom stereocenters. The summed E-state index contributed by atoms with van der Waals surface area (Å²) in [5.41, 5.74) is 3.01. The topological polar surface area (TPSA) is 57.9 Å². The van der Waals surface area contributed by atoms with Crippen molar-refractivity contribution >= 4 is 23.2 Å². The van der Waals surface area contributed by atoms with E-state index in [2.05, 4.69) is 9.88 Å². The van der Waals surface area contributed by atoms with Crippen molar-refractivity contribution in [2.45, 2.75) is 13.5 Å². The molecule has 7 heteroatoms. The van der Waals surface area contributed by atoms with Gasteiger partial charge in [-0.15, -0.1) is 0 Å². The molecule has 144 valence electrons. The van der Waals surface area contributed by atoms with Crippen LogP contribution < -0.4 is 5.56 Å². The van der Waals surface area contributed by atoms with Crippen LogP contribution in [0, 0.1) is 6.92 Å². The highest BCUT2D eigenvalue weighted by molar-refractivity contribution is 6.30. The molecule has 0 aliphatic carbocycles. The van der Waals surface area contributed by atoms with Crippen molar-refractivity contribution in [1.82, 2.24) is 19.2 Å². The Hall–Kier alpha value is -2.70. The predicted molar refractivity (Wildman–Crippen MR) is 109 cm³/mol. The van der Waals surface area contributed by atoms with Crippen molar-refractivity contribution in [1.29, 1.82) is 0 Å². The number of hydrogen-bond acceptors (Lipinski definition) is 4. The molecule has 0 spiro atoms. The summed E-state index contributed by atoms with van der Waals surface area (Å²) in [4.78, 5) is 33.7. The third-order valence-corrected chi connectivity index (χ3v) is 5.33. The summed E-state index contributed by atoms with van der Waals surface area (Å²) in [6.45, 7) is 5.33. The number of piperazine rings is 1. The molecule has 1 amide bonds. The molecule has 1 aliphatic rings. The van der Waals surface area contributed by atoms with Crippen molar-refractivity contribution in [2.75, 3.05) is 26.2 Å². The van der Waals surface area contributed by atoms with Gasteiger partial charge in [0.2, 0.25) is 0 Å². The average Bonchev–Trinajstić information content (AvgIpc) is 2.70. The maximum Gasteiger partial charge on any atom is 0.258 e. The molecule has 0 unspecified atom stereocenters. The number of aryl methyl sites for hydroxylation is 1. The maximum absolute atomic E-state index is 12.6. The van der Waals surface area contributed by atoms with Gasteiger partial charge in [0.05, 0.1) is 5.69 Å². The van der Waals surface area contributed by atoms with Gasteiger partial charge in [0.15, 0.2) is 0 Å². The lowest BCUT2D eigenvalue weighted by molar-refractivity contribution is 0.0627. The second-order valence-electron chi connectivity index (χ2n) is 7.05. The summed E-state index contributed by atoms with van der Waals surface area (Å²) in [5, 5.41) is 0.621. The number of aromatic nitrogens is 2. The van der Waals surface area contributed by atoms with Gasteiger partial charge < -0.3 is 4.90 Å². The van der Waals surface area contributed by atoms with E-state index in [1.54, 1.807) is 40.9 Å². The van der Waals surface area contributed by atoms with E-state index in [0.29, 0.717) is 35.9 Å². The van der Waals surface area contributed by atoms with E-state index in [1.165, 1.54) is 0 Å². The van der Waals surface area contributed by atoms with Crippen LogP contribution in [0.1, 0.15) is 21.6 Å². The van der Waals surface area contributed by atoms with Crippen LogP contribution in [0.3, 0.4) is 0 Å². The molecule has 2 aromatic heterocycles. The van der Waals surface area contributed by atoms with E-state index in [-0.39, 0.29) is 11.5 Å². The molecule has 3 heterocycles. The number of amides is 1. The number of carbonyl (C=O) groups excluding carboxylic acids is 1. The highest BCUT2D eigenvalue weighted by Gasteiger charge is 2.22. The van der Waals surface area contributed by atoms with Gasteiger partial charge in [0.1, 0.15) is 5.65 Å². The summed E-state index contributed by atoms with van der Waals surface area (Å²) in [5.74, 6) is 0.0222. The largest absolute Gasteiger partial charge is 0.336 e. The lowest BCUT2D eigenvalue weighted by Gasteiger charge is -2.34. The number of rotatable bonds is 3. The second-order valence-corrected chi connectivity index (χ2v) is 7.48. The van der Waals surface area contributed by atoms with E-state index < -0.39 is 0 Å². The quantitative estimate of drug-likeness (QED) is 0.683. The van der Waals surface area contributed by atoms with Gasteiger partial charge in [-0.25, -0.2) is 4.98 Å². The number of carbonyl (C=O) groups is 1. The summed E-state index contributed by atoms with van der Waals surface area (Å²) >= 11 is 5.89. The Morgan fingerprint density at radius 3 is 2.54 bits per heavy atom. The zero-order chi connectivity index (χ0) is 19.7. The van der Waals surface area contributed by atoms with Crippen molar-refractivity contribution in [3.05, 3.63) is 80.9 Å². The fourth-order valence-corrected chi connectivity index (χ4v) is 3.63. The Bertz CT molecular complexity index is 1070. The molecule has 3 aromatic rings. The number of hydrogen-bond donors (Lipinski definition) is 0. The van der Waals surface area contributed by atoms with Crippen LogP contribution in [-0.4, -0.2) is 51.3 Å². The molecule has 1 saturated heterocycles. The van der Waals surface area contributed by atoms with Gasteiger partial charge in [0.25, 0.3) is 11.5 Å². The Morgan fingerprint density at radius 2 is 1.82 bits per heavy atom. The van der Waals surface area contributed by atoms with Gasteiger partial charge >= 0.3 is 0 Å². The highest BCUT2D eigenvalue weighted by atomic mass is 35.5. The lowest BCUT2D eigenvalue weighted by atomic mass is 10.2. The van der Waals surface area contributed by atoms with Crippen molar-refractivity contribution in [3.63, 3.8) is 0 Å². The third-order valence-electron chi connectivity index (χ3n) is 5.08. The Balaban J connectivity index is 1.43. The Kier molecular flexibility index (Phi) is 5.15. The van der Waals surface area contributed by atoms with Crippen LogP contribution in [0.25, 0.3) is 5.65 Å². The van der Waals surface area contributed by atoms with E-state index in [4.69, 9.17) is 11.6 Å². The van der Waals surface area contributed by atoms with Crippen LogP contribution in [0.5, 0.6) is 0 Å². The van der Waals surface area contributed by atoms with Crippen LogP contribution >= 0.6 is 11.6 Å². The minimum absolute atomic E-state index is 0.0222. The van der Waals surface area contributed by atoms with E-state index in [9.17, 15) is 9.59 Å². The van der Waals surface area contributed by atoms with Crippen LogP contribution in [0.2, 0.25) is 5.02 Å². The van der Waals surface area contributed by atoms with Crippen molar-refractivity contribution in [2.24, 2.45) is 0 Å². The molecule has 1 fully saturated rings. The first-order chi connectivity index (χ1) is 13.5. The molecular formula is C21H21ClN4O2. The molecular weight excluding hydrogens is 376 g/mol. The van der Waals surface area contributed by atoms with Crippen molar-refractivity contribution < 1.29 is 4.79 Å². The molecule has 1 aliphatic heterocycles. The first-order valence-electron chi connectivity index (χ1n) is 9.26. The van der Waals surface area contributed by atoms with E-state index >= 15 is 0 Å². The first-order valence-corrected chi connectivity index (χ1v) is 9.64. The number of halogens is 1. The molecule has 28 heavy (non-hydrogen) atoms. The number of benzene rings is 1. The molecule has 4 rings (SSSR count). The Labute approximate surface area is 168 Å². The summed E-state index contributed by atoms with van der Waals surface area (Å²) < 4.78 is 1.57. The molecule has 0 radical (unpaired) electrons. The third kappa shape index (κ3) is 3.79. The fourth-order valence-electron chi connectivity index (χ4n) is 3.50. The van der Waals surface area contributed by atoms with Gasteiger partial charge in [-0.2, -0.15) is 0 Å². The minimum Gasteiger partial charge on any atom is -0.336 e. The van der Waals surface area contributed by atoms with Gasteiger partial charge in [-0.1, -0.05) is 17.7 Å². The normalized spacial score (nSPS) is 15.1. The molecule has 0 saturated carbocycles. The zero-order valence-electron chi connectivity index (χ0n) is 15.6. The fraction of sp³-hybridized carbons (Fsp3) is 0.286. The zero-order valence-corrected chi connectivity index (χ0v) is 16.4. The SMILES string of the molecule is Cc1cccn2c(=O)cc(CN3CCN(C(=O)c4ccc(Cl)cc4)CC3)nc12. The number of nitrogens with zero attached hydrogens (tertiary/aromatic N) is 4. The molecule has 1 aromatic carbocycles. The standard InChI is InChI=1S/C21H21ClN4O2/c1-15-3-2-8-26-19(27)13-18(23-20(15)26)14-24-9-11-25(12-10-24)21(28)16-4-6-17(22)7-5-16/h2-8,13H,9-12,14H2,1H3. The van der Waals surface area contributed by atoms with E-state index in [0.717, 1.165) is 24.3 Å². The molecule has 6 nitrogen and oxygen atoms in total. The van der Waals surface area contributed by atoms with Gasteiger partial charge in [-0.3, -0.25) is 18.9 Å². The van der Waals surface area contributed by atoms with Gasteiger partial charge in [-0.05, 0) is 42.8 Å².